The van der Waals surface area contributed by atoms with E-state index in [2.05, 4.69) is 11.1 Å². The van der Waals surface area contributed by atoms with Crippen molar-refractivity contribution in [3.05, 3.63) is 71.9 Å². The molecule has 1 fully saturated rings. The Bertz CT molecular complexity index is 1100. The minimum absolute atomic E-state index is 0.171. The number of methoxy groups -OCH3 is 1. The van der Waals surface area contributed by atoms with Crippen LogP contribution in [0.3, 0.4) is 0 Å². The van der Waals surface area contributed by atoms with Crippen LogP contribution < -0.4 is 4.74 Å². The molecule has 1 amide bonds. The highest BCUT2D eigenvalue weighted by atomic mass is 16.6. The second kappa shape index (κ2) is 11.6. The van der Waals surface area contributed by atoms with Gasteiger partial charge in [0.05, 0.1) is 12.6 Å². The molecule has 0 spiro atoms. The lowest BCUT2D eigenvalue weighted by Gasteiger charge is -2.37. The monoisotopic (exact) mass is 460 g/mol. The van der Waals surface area contributed by atoms with Crippen molar-refractivity contribution >= 4 is 23.3 Å². The van der Waals surface area contributed by atoms with Crippen LogP contribution in [0.1, 0.15) is 36.8 Å². The molecule has 6 heteroatoms. The number of piperidine rings is 1. The maximum atomic E-state index is 12.6. The molecule has 6 nitrogen and oxygen atoms in total. The molecule has 0 aliphatic carbocycles. The van der Waals surface area contributed by atoms with Crippen LogP contribution in [0.4, 0.5) is 4.79 Å². The zero-order valence-corrected chi connectivity index (χ0v) is 19.7. The number of nitrogens with zero attached hydrogens (tertiary/aromatic N) is 2. The zero-order valence-electron chi connectivity index (χ0n) is 19.7. The third-order valence-electron chi connectivity index (χ3n) is 6.81. The van der Waals surface area contributed by atoms with Crippen LogP contribution in [0.25, 0.3) is 10.9 Å². The third kappa shape index (κ3) is 5.93. The third-order valence-corrected chi connectivity index (χ3v) is 6.81. The fourth-order valence-corrected chi connectivity index (χ4v) is 4.91. The van der Waals surface area contributed by atoms with Gasteiger partial charge in [-0.2, -0.15) is 0 Å². The van der Waals surface area contributed by atoms with Gasteiger partial charge in [-0.25, -0.2) is 4.79 Å². The molecule has 1 saturated heterocycles. The van der Waals surface area contributed by atoms with E-state index in [-0.39, 0.29) is 18.6 Å². The van der Waals surface area contributed by atoms with Crippen LogP contribution in [-0.4, -0.2) is 42.5 Å². The Morgan fingerprint density at radius 2 is 2.00 bits per heavy atom. The van der Waals surface area contributed by atoms with Gasteiger partial charge in [0.25, 0.3) is 0 Å². The van der Waals surface area contributed by atoms with Crippen molar-refractivity contribution in [3.63, 3.8) is 0 Å². The van der Waals surface area contributed by atoms with E-state index in [0.29, 0.717) is 25.4 Å². The Kier molecular flexibility index (Phi) is 8.12. The number of fused-ring (bicyclic) bond motifs is 1. The molecule has 2 aromatic carbocycles. The van der Waals surface area contributed by atoms with Crippen molar-refractivity contribution in [1.29, 1.82) is 0 Å². The van der Waals surface area contributed by atoms with Crippen LogP contribution >= 0.6 is 0 Å². The van der Waals surface area contributed by atoms with Crippen molar-refractivity contribution in [1.82, 2.24) is 9.88 Å². The van der Waals surface area contributed by atoms with Crippen LogP contribution in [0.15, 0.2) is 60.8 Å². The summed E-state index contributed by atoms with van der Waals surface area (Å²) in [6.45, 7) is 1.51. The van der Waals surface area contributed by atoms with Gasteiger partial charge < -0.3 is 19.2 Å². The molecule has 0 saturated carbocycles. The molecular weight excluding hydrogens is 428 g/mol. The minimum atomic E-state index is -0.296. The molecule has 1 aliphatic rings. The van der Waals surface area contributed by atoms with Crippen molar-refractivity contribution < 1.29 is 19.1 Å². The SMILES string of the molecule is COc1ccc2nccc(CCC[C@@H]3CCN(C(=O)OCc4ccccc4)C[C@@H]3CC=O)c2c1. The van der Waals surface area contributed by atoms with Gasteiger partial charge in [0.2, 0.25) is 0 Å². The molecule has 2 atom stereocenters. The summed E-state index contributed by atoms with van der Waals surface area (Å²) in [6.07, 6.45) is 6.91. The number of hydrogen-bond acceptors (Lipinski definition) is 5. The first-order chi connectivity index (χ1) is 16.7. The van der Waals surface area contributed by atoms with Gasteiger partial charge in [-0.3, -0.25) is 4.98 Å². The van der Waals surface area contributed by atoms with E-state index >= 15 is 0 Å². The lowest BCUT2D eigenvalue weighted by atomic mass is 9.80. The lowest BCUT2D eigenvalue weighted by molar-refractivity contribution is -0.109. The number of benzene rings is 2. The fourth-order valence-electron chi connectivity index (χ4n) is 4.91. The number of carbonyl (C=O) groups is 2. The van der Waals surface area contributed by atoms with E-state index in [4.69, 9.17) is 9.47 Å². The quantitative estimate of drug-likeness (QED) is 0.398. The summed E-state index contributed by atoms with van der Waals surface area (Å²) in [7, 11) is 1.67. The van der Waals surface area contributed by atoms with Gasteiger partial charge >= 0.3 is 6.09 Å². The largest absolute Gasteiger partial charge is 0.497 e. The number of aldehydes is 1. The van der Waals surface area contributed by atoms with Crippen molar-refractivity contribution in [3.8, 4) is 5.75 Å². The van der Waals surface area contributed by atoms with E-state index in [1.54, 1.807) is 12.0 Å². The molecule has 1 aromatic heterocycles. The van der Waals surface area contributed by atoms with Gasteiger partial charge in [-0.05, 0) is 72.9 Å². The Hall–Kier alpha value is -3.41. The number of ether oxygens (including phenoxy) is 2. The van der Waals surface area contributed by atoms with E-state index in [0.717, 1.165) is 54.2 Å². The standard InChI is InChI=1S/C28H32N2O4/c1-33-25-10-11-27-26(18-25)23(12-15-29-27)9-5-8-22-13-16-30(19-24(22)14-17-31)28(32)34-20-21-6-3-2-4-7-21/h2-4,6-7,10-12,15,17-18,22,24H,5,8-9,13-14,16,19-20H2,1H3/t22-,24+/m1/s1. The Morgan fingerprint density at radius 3 is 2.79 bits per heavy atom. The highest BCUT2D eigenvalue weighted by molar-refractivity contribution is 5.83. The second-order valence-electron chi connectivity index (χ2n) is 8.94. The van der Waals surface area contributed by atoms with Crippen molar-refractivity contribution in [2.45, 2.75) is 38.7 Å². The Morgan fingerprint density at radius 1 is 1.15 bits per heavy atom. The van der Waals surface area contributed by atoms with Crippen LogP contribution in [0.2, 0.25) is 0 Å². The smallest absolute Gasteiger partial charge is 0.410 e. The number of aromatic nitrogens is 1. The number of amides is 1. The summed E-state index contributed by atoms with van der Waals surface area (Å²) in [5.41, 5.74) is 3.20. The first kappa shape index (κ1) is 23.7. The van der Waals surface area contributed by atoms with E-state index in [1.807, 2.05) is 54.7 Å². The van der Waals surface area contributed by atoms with Crippen LogP contribution in [-0.2, 0) is 22.6 Å². The average molecular weight is 461 g/mol. The molecule has 0 radical (unpaired) electrons. The summed E-state index contributed by atoms with van der Waals surface area (Å²) in [6, 6.07) is 17.7. The van der Waals surface area contributed by atoms with E-state index in [9.17, 15) is 9.59 Å². The maximum Gasteiger partial charge on any atom is 0.410 e. The number of carbonyl (C=O) groups excluding carboxylic acids is 2. The molecule has 0 N–H and O–H groups in total. The van der Waals surface area contributed by atoms with Gasteiger partial charge in [-0.1, -0.05) is 30.3 Å². The number of rotatable bonds is 9. The Labute approximate surface area is 200 Å². The highest BCUT2D eigenvalue weighted by Crippen LogP contribution is 2.31. The van der Waals surface area contributed by atoms with Crippen LogP contribution in [0, 0.1) is 11.8 Å². The minimum Gasteiger partial charge on any atom is -0.497 e. The summed E-state index contributed by atoms with van der Waals surface area (Å²) in [5.74, 6) is 1.43. The highest BCUT2D eigenvalue weighted by Gasteiger charge is 2.31. The second-order valence-corrected chi connectivity index (χ2v) is 8.94. The summed E-state index contributed by atoms with van der Waals surface area (Å²) < 4.78 is 10.9. The number of pyridine rings is 1. The molecule has 0 bridgehead atoms. The molecule has 2 heterocycles. The predicted molar refractivity (Wildman–Crippen MR) is 132 cm³/mol. The molecule has 4 rings (SSSR count). The summed E-state index contributed by atoms with van der Waals surface area (Å²) in [4.78, 5) is 30.2. The molecule has 0 unspecified atom stereocenters. The summed E-state index contributed by atoms with van der Waals surface area (Å²) >= 11 is 0. The zero-order chi connectivity index (χ0) is 23.8. The van der Waals surface area contributed by atoms with Crippen molar-refractivity contribution in [2.75, 3.05) is 20.2 Å². The normalized spacial score (nSPS) is 18.0. The number of likely N-dealkylation sites (tertiary alicyclic amines) is 1. The van der Waals surface area contributed by atoms with Gasteiger partial charge in [0.1, 0.15) is 18.6 Å². The van der Waals surface area contributed by atoms with Gasteiger partial charge in [0.15, 0.2) is 0 Å². The molecule has 178 valence electrons. The van der Waals surface area contributed by atoms with E-state index < -0.39 is 0 Å². The topological polar surface area (TPSA) is 68.7 Å². The number of hydrogen-bond donors (Lipinski definition) is 0. The van der Waals surface area contributed by atoms with Gasteiger partial charge in [-0.15, -0.1) is 0 Å². The molecule has 3 aromatic rings. The molecule has 34 heavy (non-hydrogen) atoms. The molecular formula is C28H32N2O4. The number of aryl methyl sites for hydroxylation is 1. The maximum absolute atomic E-state index is 12.6. The average Bonchev–Trinajstić information content (AvgIpc) is 2.88. The first-order valence-electron chi connectivity index (χ1n) is 12.0. The summed E-state index contributed by atoms with van der Waals surface area (Å²) in [5, 5.41) is 1.13. The van der Waals surface area contributed by atoms with Crippen LogP contribution in [0.5, 0.6) is 5.75 Å². The fraction of sp³-hybridized carbons (Fsp3) is 0.393. The lowest BCUT2D eigenvalue weighted by Crippen LogP contribution is -2.44. The van der Waals surface area contributed by atoms with Crippen molar-refractivity contribution in [2.24, 2.45) is 11.8 Å². The van der Waals surface area contributed by atoms with E-state index in [1.165, 1.54) is 5.56 Å². The Balaban J connectivity index is 1.32. The first-order valence-corrected chi connectivity index (χ1v) is 12.0. The molecule has 1 aliphatic heterocycles. The van der Waals surface area contributed by atoms with Gasteiger partial charge in [0, 0.05) is 31.1 Å². The predicted octanol–water partition coefficient (Wildman–Crippen LogP) is 5.43.